The first-order chi connectivity index (χ1) is 7.67. The molecule has 0 saturated heterocycles. The molecule has 1 heterocycles. The first-order valence-corrected chi connectivity index (χ1v) is 6.27. The van der Waals surface area contributed by atoms with Gasteiger partial charge in [-0.1, -0.05) is 44.7 Å². The molecule has 0 aliphatic heterocycles. The average molecular weight is 243 g/mol. The van der Waals surface area contributed by atoms with Gasteiger partial charge in [0.15, 0.2) is 0 Å². The molecule has 0 N–H and O–H groups in total. The van der Waals surface area contributed by atoms with Crippen molar-refractivity contribution in [3.05, 3.63) is 27.9 Å². The number of aromatic nitrogens is 2. The van der Waals surface area contributed by atoms with Crippen LogP contribution in [0.5, 0.6) is 0 Å². The Labute approximate surface area is 101 Å². The molecule has 1 unspecified atom stereocenters. The van der Waals surface area contributed by atoms with Crippen molar-refractivity contribution in [2.45, 2.75) is 46.1 Å². The van der Waals surface area contributed by atoms with E-state index in [1.54, 1.807) is 10.9 Å². The Morgan fingerprint density at radius 2 is 2.25 bits per heavy atom. The van der Waals surface area contributed by atoms with Gasteiger partial charge in [0.05, 0.1) is 6.33 Å². The second-order valence-electron chi connectivity index (χ2n) is 4.12. The van der Waals surface area contributed by atoms with Crippen molar-refractivity contribution in [1.29, 1.82) is 0 Å². The second-order valence-corrected chi connectivity index (χ2v) is 4.51. The topological polar surface area (TPSA) is 34.9 Å². The van der Waals surface area contributed by atoms with Crippen LogP contribution in [-0.2, 0) is 6.54 Å². The zero-order chi connectivity index (χ0) is 12.0. The van der Waals surface area contributed by atoms with Crippen LogP contribution in [0.15, 0.2) is 17.2 Å². The Kier molecular flexibility index (Phi) is 5.53. The quantitative estimate of drug-likeness (QED) is 0.719. The van der Waals surface area contributed by atoms with Crippen LogP contribution in [-0.4, -0.2) is 9.55 Å². The molecule has 1 atom stereocenters. The molecule has 0 bridgehead atoms. The third-order valence-corrected chi connectivity index (χ3v) is 3.05. The van der Waals surface area contributed by atoms with Gasteiger partial charge in [-0.15, -0.1) is 0 Å². The number of rotatable bonds is 6. The summed E-state index contributed by atoms with van der Waals surface area (Å²) in [6.45, 7) is 5.09. The molecule has 0 saturated carbocycles. The molecule has 1 aromatic rings. The van der Waals surface area contributed by atoms with Gasteiger partial charge in [-0.25, -0.2) is 4.98 Å². The molecule has 0 fully saturated rings. The minimum atomic E-state index is -0.0602. The maximum Gasteiger partial charge on any atom is 0.254 e. The Balaban J connectivity index is 2.66. The minimum absolute atomic E-state index is 0.0602. The number of halogens is 1. The molecule has 1 rings (SSSR count). The van der Waals surface area contributed by atoms with E-state index < -0.39 is 0 Å². The third kappa shape index (κ3) is 3.97. The highest BCUT2D eigenvalue weighted by molar-refractivity contribution is 6.29. The highest BCUT2D eigenvalue weighted by Crippen LogP contribution is 2.14. The van der Waals surface area contributed by atoms with Gasteiger partial charge in [-0.05, 0) is 12.3 Å². The van der Waals surface area contributed by atoms with Crippen molar-refractivity contribution >= 4 is 11.6 Å². The van der Waals surface area contributed by atoms with Crippen LogP contribution in [0.4, 0.5) is 0 Å². The zero-order valence-electron chi connectivity index (χ0n) is 9.95. The normalized spacial score (nSPS) is 12.7. The van der Waals surface area contributed by atoms with Crippen LogP contribution >= 0.6 is 11.6 Å². The molecule has 3 nitrogen and oxygen atoms in total. The van der Waals surface area contributed by atoms with Gasteiger partial charge in [0.1, 0.15) is 5.15 Å². The summed E-state index contributed by atoms with van der Waals surface area (Å²) >= 11 is 5.65. The van der Waals surface area contributed by atoms with Crippen LogP contribution in [0.3, 0.4) is 0 Å². The fourth-order valence-electron chi connectivity index (χ4n) is 1.74. The van der Waals surface area contributed by atoms with Gasteiger partial charge in [0, 0.05) is 12.6 Å². The van der Waals surface area contributed by atoms with Crippen molar-refractivity contribution in [2.24, 2.45) is 5.92 Å². The van der Waals surface area contributed by atoms with Gasteiger partial charge >= 0.3 is 0 Å². The van der Waals surface area contributed by atoms with Crippen molar-refractivity contribution in [1.82, 2.24) is 9.55 Å². The van der Waals surface area contributed by atoms with E-state index in [2.05, 4.69) is 18.8 Å². The van der Waals surface area contributed by atoms with E-state index in [9.17, 15) is 4.79 Å². The van der Waals surface area contributed by atoms with Gasteiger partial charge in [0.2, 0.25) is 0 Å². The monoisotopic (exact) mass is 242 g/mol. The summed E-state index contributed by atoms with van der Waals surface area (Å²) in [6, 6.07) is 1.37. The Morgan fingerprint density at radius 1 is 1.50 bits per heavy atom. The summed E-state index contributed by atoms with van der Waals surface area (Å²) in [5.74, 6) is 0.556. The fourth-order valence-corrected chi connectivity index (χ4v) is 1.87. The molecule has 90 valence electrons. The molecule has 0 amide bonds. The number of unbranched alkanes of at least 4 members (excludes halogenated alkanes) is 1. The average Bonchev–Trinajstić information content (AvgIpc) is 2.27. The third-order valence-electron chi connectivity index (χ3n) is 2.84. The highest BCUT2D eigenvalue weighted by atomic mass is 35.5. The predicted molar refractivity (Wildman–Crippen MR) is 66.8 cm³/mol. The second kappa shape index (κ2) is 6.69. The summed E-state index contributed by atoms with van der Waals surface area (Å²) in [7, 11) is 0. The summed E-state index contributed by atoms with van der Waals surface area (Å²) in [5.41, 5.74) is -0.0602. The van der Waals surface area contributed by atoms with Crippen molar-refractivity contribution in [3.63, 3.8) is 0 Å². The molecule has 0 aliphatic carbocycles. The van der Waals surface area contributed by atoms with E-state index in [0.29, 0.717) is 5.92 Å². The largest absolute Gasteiger partial charge is 0.299 e. The van der Waals surface area contributed by atoms with E-state index in [0.717, 1.165) is 13.0 Å². The fraction of sp³-hybridized carbons (Fsp3) is 0.667. The minimum Gasteiger partial charge on any atom is -0.299 e. The number of hydrogen-bond acceptors (Lipinski definition) is 2. The van der Waals surface area contributed by atoms with Crippen molar-refractivity contribution < 1.29 is 0 Å². The molecule has 0 aromatic carbocycles. The lowest BCUT2D eigenvalue weighted by atomic mass is 9.99. The van der Waals surface area contributed by atoms with Gasteiger partial charge in [-0.2, -0.15) is 0 Å². The number of hydrogen-bond donors (Lipinski definition) is 0. The Hall–Kier alpha value is -0.830. The predicted octanol–water partition coefficient (Wildman–Crippen LogP) is 3.11. The zero-order valence-corrected chi connectivity index (χ0v) is 10.7. The molecular formula is C12H19ClN2O. The van der Waals surface area contributed by atoms with Crippen LogP contribution in [0, 0.1) is 5.92 Å². The Bertz CT molecular complexity index is 376. The van der Waals surface area contributed by atoms with E-state index in [1.807, 2.05) is 0 Å². The van der Waals surface area contributed by atoms with Gasteiger partial charge in [0.25, 0.3) is 5.56 Å². The lowest BCUT2D eigenvalue weighted by Crippen LogP contribution is -2.23. The Morgan fingerprint density at radius 3 is 2.81 bits per heavy atom. The molecule has 0 spiro atoms. The van der Waals surface area contributed by atoms with E-state index in [4.69, 9.17) is 11.6 Å². The summed E-state index contributed by atoms with van der Waals surface area (Å²) < 4.78 is 1.65. The first kappa shape index (κ1) is 13.2. The van der Waals surface area contributed by atoms with Crippen LogP contribution in [0.2, 0.25) is 5.15 Å². The van der Waals surface area contributed by atoms with Crippen molar-refractivity contribution in [3.8, 4) is 0 Å². The molecule has 1 aromatic heterocycles. The summed E-state index contributed by atoms with van der Waals surface area (Å²) in [6.07, 6.45) is 6.22. The maximum absolute atomic E-state index is 11.6. The smallest absolute Gasteiger partial charge is 0.254 e. The van der Waals surface area contributed by atoms with E-state index >= 15 is 0 Å². The lowest BCUT2D eigenvalue weighted by molar-refractivity contribution is 0.383. The SMILES string of the molecule is CCCCC(CC)Cn1cnc(Cl)cc1=O. The molecule has 4 heteroatoms. The van der Waals surface area contributed by atoms with Crippen LogP contribution in [0.1, 0.15) is 39.5 Å². The maximum atomic E-state index is 11.6. The highest BCUT2D eigenvalue weighted by Gasteiger charge is 2.08. The molecule has 0 radical (unpaired) electrons. The lowest BCUT2D eigenvalue weighted by Gasteiger charge is -2.15. The number of nitrogens with zero attached hydrogens (tertiary/aromatic N) is 2. The first-order valence-electron chi connectivity index (χ1n) is 5.89. The van der Waals surface area contributed by atoms with Gasteiger partial charge in [-0.3, -0.25) is 9.36 Å². The van der Waals surface area contributed by atoms with Crippen molar-refractivity contribution in [2.75, 3.05) is 0 Å². The van der Waals surface area contributed by atoms with Crippen LogP contribution in [0.25, 0.3) is 0 Å². The van der Waals surface area contributed by atoms with Gasteiger partial charge < -0.3 is 0 Å². The molecule has 16 heavy (non-hydrogen) atoms. The summed E-state index contributed by atoms with van der Waals surface area (Å²) in [4.78, 5) is 15.5. The van der Waals surface area contributed by atoms with Crippen LogP contribution < -0.4 is 5.56 Å². The molecule has 0 aliphatic rings. The summed E-state index contributed by atoms with van der Waals surface area (Å²) in [5, 5.41) is 0.267. The standard InChI is InChI=1S/C12H19ClN2O/c1-3-5-6-10(4-2)8-15-9-14-11(13)7-12(15)16/h7,9-10H,3-6,8H2,1-2H3. The van der Waals surface area contributed by atoms with E-state index in [1.165, 1.54) is 25.3 Å². The van der Waals surface area contributed by atoms with E-state index in [-0.39, 0.29) is 10.7 Å². The molecular weight excluding hydrogens is 224 g/mol.